The highest BCUT2D eigenvalue weighted by Crippen LogP contribution is 2.14. The van der Waals surface area contributed by atoms with E-state index in [1.807, 2.05) is 0 Å². The Morgan fingerprint density at radius 3 is 2.71 bits per heavy atom. The van der Waals surface area contributed by atoms with Crippen molar-refractivity contribution in [1.82, 2.24) is 0 Å². The van der Waals surface area contributed by atoms with Crippen molar-refractivity contribution in [2.75, 3.05) is 18.5 Å². The highest BCUT2D eigenvalue weighted by Gasteiger charge is 2.12. The fraction of sp³-hybridized carbons (Fsp3) is 0.455. The van der Waals surface area contributed by atoms with E-state index in [2.05, 4.69) is 5.32 Å². The van der Waals surface area contributed by atoms with Crippen molar-refractivity contribution in [2.45, 2.75) is 18.9 Å². The van der Waals surface area contributed by atoms with Gasteiger partial charge in [-0.15, -0.1) is 0 Å². The molecule has 1 aliphatic heterocycles. The maximum Gasteiger partial charge on any atom is 0.123 e. The third-order valence-electron chi connectivity index (χ3n) is 2.38. The standard InChI is InChI=1S/C11H14FNO/c12-9-3-5-10(6-4-9)13-11-2-1-7-14-8-11/h3-6,11,13H,1-2,7-8H2. The van der Waals surface area contributed by atoms with Crippen LogP contribution in [-0.4, -0.2) is 19.3 Å². The van der Waals surface area contributed by atoms with Gasteiger partial charge in [-0.25, -0.2) is 4.39 Å². The summed E-state index contributed by atoms with van der Waals surface area (Å²) in [6, 6.07) is 6.81. The monoisotopic (exact) mass is 195 g/mol. The molecule has 14 heavy (non-hydrogen) atoms. The number of hydrogen-bond acceptors (Lipinski definition) is 2. The van der Waals surface area contributed by atoms with Crippen LogP contribution >= 0.6 is 0 Å². The molecule has 1 saturated heterocycles. The number of halogens is 1. The summed E-state index contributed by atoms with van der Waals surface area (Å²) >= 11 is 0. The summed E-state index contributed by atoms with van der Waals surface area (Å²) in [5, 5.41) is 3.32. The van der Waals surface area contributed by atoms with Crippen molar-refractivity contribution in [2.24, 2.45) is 0 Å². The van der Waals surface area contributed by atoms with Crippen LogP contribution in [0, 0.1) is 5.82 Å². The number of hydrogen-bond donors (Lipinski definition) is 1. The number of benzene rings is 1. The number of rotatable bonds is 2. The van der Waals surface area contributed by atoms with Crippen LogP contribution in [0.3, 0.4) is 0 Å². The molecule has 1 unspecified atom stereocenters. The molecule has 3 heteroatoms. The van der Waals surface area contributed by atoms with Crippen LogP contribution in [0.15, 0.2) is 24.3 Å². The SMILES string of the molecule is Fc1ccc(NC2CCCOC2)cc1. The molecule has 1 heterocycles. The topological polar surface area (TPSA) is 21.3 Å². The summed E-state index contributed by atoms with van der Waals surface area (Å²) in [5.74, 6) is -0.199. The summed E-state index contributed by atoms with van der Waals surface area (Å²) in [6.45, 7) is 1.61. The molecule has 0 amide bonds. The van der Waals surface area contributed by atoms with Gasteiger partial charge in [0.1, 0.15) is 5.82 Å². The van der Waals surface area contributed by atoms with E-state index in [1.54, 1.807) is 12.1 Å². The normalized spacial score (nSPS) is 21.9. The van der Waals surface area contributed by atoms with E-state index in [-0.39, 0.29) is 5.82 Å². The number of anilines is 1. The second-order valence-electron chi connectivity index (χ2n) is 3.57. The molecular weight excluding hydrogens is 181 g/mol. The summed E-state index contributed by atoms with van der Waals surface area (Å²) in [4.78, 5) is 0. The molecule has 0 saturated carbocycles. The van der Waals surface area contributed by atoms with E-state index in [0.29, 0.717) is 6.04 Å². The Morgan fingerprint density at radius 1 is 1.29 bits per heavy atom. The highest BCUT2D eigenvalue weighted by molar-refractivity contribution is 5.43. The first-order chi connectivity index (χ1) is 6.84. The van der Waals surface area contributed by atoms with Crippen molar-refractivity contribution in [3.05, 3.63) is 30.1 Å². The fourth-order valence-corrected chi connectivity index (χ4v) is 1.64. The Balaban J connectivity index is 1.92. The van der Waals surface area contributed by atoms with Crippen LogP contribution < -0.4 is 5.32 Å². The second kappa shape index (κ2) is 4.42. The maximum absolute atomic E-state index is 12.6. The first kappa shape index (κ1) is 9.46. The van der Waals surface area contributed by atoms with Gasteiger partial charge in [0, 0.05) is 18.3 Å². The third-order valence-corrected chi connectivity index (χ3v) is 2.38. The molecule has 1 N–H and O–H groups in total. The van der Waals surface area contributed by atoms with Gasteiger partial charge in [-0.05, 0) is 37.1 Å². The third kappa shape index (κ3) is 2.45. The predicted octanol–water partition coefficient (Wildman–Crippen LogP) is 2.42. The van der Waals surface area contributed by atoms with E-state index in [9.17, 15) is 4.39 Å². The van der Waals surface area contributed by atoms with Crippen LogP contribution in [0.25, 0.3) is 0 Å². The molecule has 0 radical (unpaired) electrons. The minimum atomic E-state index is -0.199. The average Bonchev–Trinajstić information content (AvgIpc) is 2.23. The van der Waals surface area contributed by atoms with Crippen LogP contribution in [0.4, 0.5) is 10.1 Å². The van der Waals surface area contributed by atoms with Crippen molar-refractivity contribution in [1.29, 1.82) is 0 Å². The zero-order chi connectivity index (χ0) is 9.80. The van der Waals surface area contributed by atoms with E-state index in [0.717, 1.165) is 31.7 Å². The molecule has 1 atom stereocenters. The first-order valence-corrected chi connectivity index (χ1v) is 4.94. The van der Waals surface area contributed by atoms with Crippen LogP contribution in [0.5, 0.6) is 0 Å². The molecule has 2 nitrogen and oxygen atoms in total. The van der Waals surface area contributed by atoms with Crippen molar-refractivity contribution in [3.63, 3.8) is 0 Å². The van der Waals surface area contributed by atoms with E-state index in [1.165, 1.54) is 12.1 Å². The smallest absolute Gasteiger partial charge is 0.123 e. The molecule has 1 fully saturated rings. The molecule has 1 aliphatic rings. The van der Waals surface area contributed by atoms with Crippen LogP contribution in [0.1, 0.15) is 12.8 Å². The maximum atomic E-state index is 12.6. The van der Waals surface area contributed by atoms with Crippen molar-refractivity contribution in [3.8, 4) is 0 Å². The van der Waals surface area contributed by atoms with Crippen LogP contribution in [0.2, 0.25) is 0 Å². The van der Waals surface area contributed by atoms with E-state index < -0.39 is 0 Å². The highest BCUT2D eigenvalue weighted by atomic mass is 19.1. The Morgan fingerprint density at radius 2 is 2.07 bits per heavy atom. The largest absolute Gasteiger partial charge is 0.380 e. The Hall–Kier alpha value is -1.09. The fourth-order valence-electron chi connectivity index (χ4n) is 1.64. The van der Waals surface area contributed by atoms with Gasteiger partial charge in [0.05, 0.1) is 6.61 Å². The van der Waals surface area contributed by atoms with E-state index in [4.69, 9.17) is 4.74 Å². The zero-order valence-electron chi connectivity index (χ0n) is 8.00. The van der Waals surface area contributed by atoms with Gasteiger partial charge in [0.15, 0.2) is 0 Å². The van der Waals surface area contributed by atoms with Gasteiger partial charge < -0.3 is 10.1 Å². The van der Waals surface area contributed by atoms with Gasteiger partial charge >= 0.3 is 0 Å². The molecule has 0 bridgehead atoms. The lowest BCUT2D eigenvalue weighted by Crippen LogP contribution is -2.29. The van der Waals surface area contributed by atoms with Gasteiger partial charge in [-0.3, -0.25) is 0 Å². The van der Waals surface area contributed by atoms with Crippen molar-refractivity contribution >= 4 is 5.69 Å². The molecule has 0 aromatic heterocycles. The predicted molar refractivity (Wildman–Crippen MR) is 53.9 cm³/mol. The molecule has 0 aliphatic carbocycles. The number of ether oxygens (including phenoxy) is 1. The van der Waals surface area contributed by atoms with E-state index >= 15 is 0 Å². The molecular formula is C11H14FNO. The Bertz CT molecular complexity index is 280. The number of nitrogens with one attached hydrogen (secondary N) is 1. The van der Waals surface area contributed by atoms with Crippen LogP contribution in [-0.2, 0) is 4.74 Å². The lowest BCUT2D eigenvalue weighted by Gasteiger charge is -2.24. The average molecular weight is 195 g/mol. The molecule has 76 valence electrons. The Labute approximate surface area is 83.1 Å². The summed E-state index contributed by atoms with van der Waals surface area (Å²) in [6.07, 6.45) is 2.22. The molecule has 1 aromatic rings. The zero-order valence-corrected chi connectivity index (χ0v) is 8.00. The first-order valence-electron chi connectivity index (χ1n) is 4.94. The quantitative estimate of drug-likeness (QED) is 0.782. The summed E-state index contributed by atoms with van der Waals surface area (Å²) in [7, 11) is 0. The van der Waals surface area contributed by atoms with Gasteiger partial charge in [-0.2, -0.15) is 0 Å². The van der Waals surface area contributed by atoms with Gasteiger partial charge in [-0.1, -0.05) is 0 Å². The minimum absolute atomic E-state index is 0.199. The lowest BCUT2D eigenvalue weighted by molar-refractivity contribution is 0.0876. The van der Waals surface area contributed by atoms with Crippen molar-refractivity contribution < 1.29 is 9.13 Å². The summed E-state index contributed by atoms with van der Waals surface area (Å²) in [5.41, 5.74) is 0.960. The molecule has 2 rings (SSSR count). The Kier molecular flexibility index (Phi) is 2.99. The second-order valence-corrected chi connectivity index (χ2v) is 3.57. The van der Waals surface area contributed by atoms with Gasteiger partial charge in [0.25, 0.3) is 0 Å². The summed E-state index contributed by atoms with van der Waals surface area (Å²) < 4.78 is 18.0. The molecule has 1 aromatic carbocycles. The van der Waals surface area contributed by atoms with Gasteiger partial charge in [0.2, 0.25) is 0 Å². The molecule has 0 spiro atoms. The lowest BCUT2D eigenvalue weighted by atomic mass is 10.1. The minimum Gasteiger partial charge on any atom is -0.380 e.